The number of phosphoric ester groups is 1. The maximum Gasteiger partial charge on any atom is 1.00 e. The van der Waals surface area contributed by atoms with E-state index in [2.05, 4.69) is 42.7 Å². The van der Waals surface area contributed by atoms with Crippen molar-refractivity contribution in [1.29, 1.82) is 0 Å². The van der Waals surface area contributed by atoms with Crippen LogP contribution in [0.2, 0.25) is 0 Å². The number of phosphoric acid groups is 1. The first-order chi connectivity index (χ1) is 25.7. The second-order valence-electron chi connectivity index (χ2n) is 14.3. The Kier molecular flexibility index (Phi) is 43.3. The monoisotopic (exact) mass is 797 g/mol. The van der Waals surface area contributed by atoms with E-state index in [9.17, 15) is 24.2 Å². The van der Waals surface area contributed by atoms with Crippen molar-refractivity contribution in [1.82, 2.24) is 0 Å². The topological polar surface area (TPSA) is 152 Å². The van der Waals surface area contributed by atoms with Crippen molar-refractivity contribution in [2.24, 2.45) is 0 Å². The molecule has 0 bridgehead atoms. The smallest absolute Gasteiger partial charge is 0.756 e. The predicted molar refractivity (Wildman–Crippen MR) is 212 cm³/mol. The number of ether oxygens (including phenoxy) is 2. The van der Waals surface area contributed by atoms with Crippen LogP contribution in [-0.4, -0.2) is 60.8 Å². The molecular weight excluding hydrogens is 718 g/mol. The largest absolute Gasteiger partial charge is 1.00 e. The first-order valence-electron chi connectivity index (χ1n) is 21.3. The Morgan fingerprint density at radius 3 is 1.37 bits per heavy atom. The van der Waals surface area contributed by atoms with Crippen molar-refractivity contribution in [3.63, 3.8) is 0 Å². The number of allylic oxidation sites excluding steroid dienone is 4. The van der Waals surface area contributed by atoms with E-state index in [4.69, 9.17) is 19.1 Å². The second-order valence-corrected chi connectivity index (χ2v) is 15.7. The molecule has 12 heteroatoms. The van der Waals surface area contributed by atoms with Gasteiger partial charge in [-0.05, 0) is 64.2 Å². The van der Waals surface area contributed by atoms with Gasteiger partial charge in [0.25, 0.3) is 7.82 Å². The number of carbonyl (C=O) groups is 2. The summed E-state index contributed by atoms with van der Waals surface area (Å²) in [5.74, 6) is -0.976. The van der Waals surface area contributed by atoms with E-state index >= 15 is 0 Å². The van der Waals surface area contributed by atoms with Crippen LogP contribution in [0.25, 0.3) is 0 Å². The number of rotatable bonds is 40. The third-order valence-corrected chi connectivity index (χ3v) is 10.00. The molecule has 0 aliphatic rings. The van der Waals surface area contributed by atoms with Gasteiger partial charge in [0.05, 0.1) is 19.8 Å². The Morgan fingerprint density at radius 1 is 0.574 bits per heavy atom. The van der Waals surface area contributed by atoms with Crippen LogP contribution < -0.4 is 34.5 Å². The summed E-state index contributed by atoms with van der Waals surface area (Å²) in [5.41, 5.74) is 0. The Morgan fingerprint density at radius 2 is 0.944 bits per heavy atom. The predicted octanol–water partition coefficient (Wildman–Crippen LogP) is 7.38. The van der Waals surface area contributed by atoms with Crippen molar-refractivity contribution in [3.05, 3.63) is 24.3 Å². The minimum atomic E-state index is -4.87. The summed E-state index contributed by atoms with van der Waals surface area (Å²) in [7, 11) is -4.87. The van der Waals surface area contributed by atoms with Gasteiger partial charge in [-0.3, -0.25) is 14.2 Å². The second kappa shape index (κ2) is 42.1. The molecule has 1 unspecified atom stereocenters. The SMILES string of the molecule is CCCCCCCC/C=C\CCCCCCCC(=O)OC[C@H](COP(=O)([O-])OC[C@H](O)CO)OC(=O)CCCCCCC/C=C\CCCCCCCC.[Na+]. The summed E-state index contributed by atoms with van der Waals surface area (Å²) >= 11 is 0. The van der Waals surface area contributed by atoms with Crippen LogP contribution in [0, 0.1) is 0 Å². The van der Waals surface area contributed by atoms with Gasteiger partial charge < -0.3 is 33.6 Å². The molecule has 312 valence electrons. The minimum Gasteiger partial charge on any atom is -0.756 e. The van der Waals surface area contributed by atoms with E-state index in [1.54, 1.807) is 0 Å². The quantitative estimate of drug-likeness (QED) is 0.0211. The van der Waals surface area contributed by atoms with Gasteiger partial charge >= 0.3 is 41.5 Å². The summed E-state index contributed by atoms with van der Waals surface area (Å²) in [6, 6.07) is 0. The maximum atomic E-state index is 12.6. The van der Waals surface area contributed by atoms with Gasteiger partial charge in [-0.2, -0.15) is 0 Å². The molecule has 3 atom stereocenters. The standard InChI is InChI=1S/C42H79O10P.Na/c1-3-5-7-9-11-13-15-17-19-21-23-25-27-29-31-33-41(45)49-37-40(38-51-53(47,48)50-36-39(44)35-43)52-42(46)34-32-30-28-26-24-22-20-18-16-14-12-10-8-6-4-2;/h17-20,39-40,43-44H,3-16,21-38H2,1-2H3,(H,47,48);/q;+1/p-1/b19-17-,20-18-;/t39-,40-;/m1./s1. The van der Waals surface area contributed by atoms with Gasteiger partial charge in [0.2, 0.25) is 0 Å². The molecule has 0 amide bonds. The zero-order valence-corrected chi connectivity index (χ0v) is 37.6. The first kappa shape index (κ1) is 55.5. The zero-order valence-electron chi connectivity index (χ0n) is 34.7. The van der Waals surface area contributed by atoms with E-state index in [0.29, 0.717) is 12.8 Å². The minimum absolute atomic E-state index is 0. The Labute approximate surface area is 351 Å². The molecule has 10 nitrogen and oxygen atoms in total. The van der Waals surface area contributed by atoms with Crippen LogP contribution in [0.1, 0.15) is 194 Å². The van der Waals surface area contributed by atoms with Crippen LogP contribution in [0.4, 0.5) is 0 Å². The van der Waals surface area contributed by atoms with E-state index in [1.165, 1.54) is 77.0 Å². The number of aliphatic hydroxyl groups is 2. The molecule has 0 aromatic heterocycles. The average Bonchev–Trinajstić information content (AvgIpc) is 3.14. The van der Waals surface area contributed by atoms with Crippen LogP contribution in [0.3, 0.4) is 0 Å². The van der Waals surface area contributed by atoms with Gasteiger partial charge in [0.15, 0.2) is 6.10 Å². The summed E-state index contributed by atoms with van der Waals surface area (Å²) < 4.78 is 32.3. The number of aliphatic hydroxyl groups excluding tert-OH is 2. The maximum absolute atomic E-state index is 12.6. The molecule has 0 aromatic carbocycles. The zero-order chi connectivity index (χ0) is 39.1. The van der Waals surface area contributed by atoms with E-state index in [1.807, 2.05) is 0 Å². The van der Waals surface area contributed by atoms with Crippen LogP contribution in [-0.2, 0) is 32.7 Å². The van der Waals surface area contributed by atoms with Gasteiger partial charge in [-0.1, -0.05) is 141 Å². The summed E-state index contributed by atoms with van der Waals surface area (Å²) in [4.78, 5) is 37.1. The summed E-state index contributed by atoms with van der Waals surface area (Å²) in [6.45, 7) is 2.17. The fraction of sp³-hybridized carbons (Fsp3) is 0.857. The fourth-order valence-electron chi connectivity index (χ4n) is 5.74. The molecule has 2 N–H and O–H groups in total. The molecule has 0 fully saturated rings. The van der Waals surface area contributed by atoms with Crippen molar-refractivity contribution in [3.8, 4) is 0 Å². The number of unbranched alkanes of at least 4 members (excludes halogenated alkanes) is 22. The van der Waals surface area contributed by atoms with Gasteiger partial charge in [-0.15, -0.1) is 0 Å². The summed E-state index contributed by atoms with van der Waals surface area (Å²) in [6.07, 6.45) is 36.9. The van der Waals surface area contributed by atoms with Crippen LogP contribution in [0.5, 0.6) is 0 Å². The third-order valence-electron chi connectivity index (χ3n) is 9.07. The van der Waals surface area contributed by atoms with Gasteiger partial charge in [0.1, 0.15) is 12.7 Å². The number of esters is 2. The van der Waals surface area contributed by atoms with E-state index < -0.39 is 51.8 Å². The van der Waals surface area contributed by atoms with Crippen molar-refractivity contribution >= 4 is 19.8 Å². The molecule has 0 heterocycles. The molecule has 0 spiro atoms. The van der Waals surface area contributed by atoms with Crippen molar-refractivity contribution in [2.75, 3.05) is 26.4 Å². The number of hydrogen-bond acceptors (Lipinski definition) is 10. The molecular formula is C42H78NaO10P. The molecule has 0 aliphatic heterocycles. The van der Waals surface area contributed by atoms with E-state index in [-0.39, 0.29) is 49.0 Å². The fourth-order valence-corrected chi connectivity index (χ4v) is 6.52. The van der Waals surface area contributed by atoms with Crippen LogP contribution in [0.15, 0.2) is 24.3 Å². The molecule has 0 rings (SSSR count). The molecule has 0 aromatic rings. The molecule has 0 aliphatic carbocycles. The summed E-state index contributed by atoms with van der Waals surface area (Å²) in [5, 5.41) is 18.3. The third kappa shape index (κ3) is 41.1. The van der Waals surface area contributed by atoms with E-state index in [0.717, 1.165) is 77.0 Å². The number of carbonyl (C=O) groups excluding carboxylic acids is 2. The molecule has 0 saturated heterocycles. The Hall–Kier alpha value is -0.550. The Bertz CT molecular complexity index is 948. The van der Waals surface area contributed by atoms with Gasteiger partial charge in [0, 0.05) is 12.8 Å². The Balaban J connectivity index is 0. The molecule has 0 saturated carbocycles. The van der Waals surface area contributed by atoms with Crippen LogP contribution >= 0.6 is 7.82 Å². The normalized spacial score (nSPS) is 13.9. The number of hydrogen-bond donors (Lipinski definition) is 2. The van der Waals surface area contributed by atoms with Crippen molar-refractivity contribution in [2.45, 2.75) is 206 Å². The molecule has 0 radical (unpaired) electrons. The van der Waals surface area contributed by atoms with Gasteiger partial charge in [-0.25, -0.2) is 0 Å². The molecule has 54 heavy (non-hydrogen) atoms. The average molecular weight is 797 g/mol. The first-order valence-corrected chi connectivity index (χ1v) is 22.7. The van der Waals surface area contributed by atoms with Crippen molar-refractivity contribution < 1.29 is 77.3 Å².